The van der Waals surface area contributed by atoms with Crippen LogP contribution in [0.25, 0.3) is 0 Å². The first-order valence-corrected chi connectivity index (χ1v) is 7.35. The number of ether oxygens (including phenoxy) is 1. The maximum Gasteiger partial charge on any atom is 0.161 e. The highest BCUT2D eigenvalue weighted by molar-refractivity contribution is 7.97. The van der Waals surface area contributed by atoms with Crippen molar-refractivity contribution in [1.29, 1.82) is 0 Å². The first-order chi connectivity index (χ1) is 9.36. The van der Waals surface area contributed by atoms with Crippen LogP contribution in [0.4, 0.5) is 0 Å². The average molecular weight is 277 g/mol. The molecule has 0 saturated heterocycles. The molecule has 1 aliphatic rings. The molecule has 2 heterocycles. The molecule has 0 atom stereocenters. The van der Waals surface area contributed by atoms with Crippen LogP contribution in [0.1, 0.15) is 30.4 Å². The monoisotopic (exact) mass is 277 g/mol. The third kappa shape index (κ3) is 3.04. The maximum absolute atomic E-state index is 5.18. The molecule has 2 aromatic heterocycles. The molecule has 2 aromatic rings. The summed E-state index contributed by atoms with van der Waals surface area (Å²) in [6, 6.07) is 4.33. The van der Waals surface area contributed by atoms with Gasteiger partial charge in [-0.3, -0.25) is 4.98 Å². The van der Waals surface area contributed by atoms with Crippen molar-refractivity contribution in [2.24, 2.45) is 0 Å². The van der Waals surface area contributed by atoms with Gasteiger partial charge in [-0.2, -0.15) is 0 Å². The van der Waals surface area contributed by atoms with Crippen molar-refractivity contribution in [2.45, 2.75) is 30.4 Å². The van der Waals surface area contributed by atoms with E-state index in [1.165, 1.54) is 12.8 Å². The molecule has 0 spiro atoms. The highest BCUT2D eigenvalue weighted by Crippen LogP contribution is 2.35. The Labute approximate surface area is 115 Å². The fourth-order valence-electron chi connectivity index (χ4n) is 1.82. The number of methoxy groups -OCH3 is 1. The SMILES string of the molecule is COc1ccnc(CSCc2nnnn2C2CC2)c1. The molecule has 6 nitrogen and oxygen atoms in total. The van der Waals surface area contributed by atoms with Gasteiger partial charge in [-0.25, -0.2) is 4.68 Å². The van der Waals surface area contributed by atoms with Crippen molar-refractivity contribution in [2.75, 3.05) is 7.11 Å². The number of hydrogen-bond donors (Lipinski definition) is 0. The van der Waals surface area contributed by atoms with Crippen LogP contribution in [-0.2, 0) is 11.5 Å². The van der Waals surface area contributed by atoms with E-state index in [0.717, 1.165) is 28.8 Å². The van der Waals surface area contributed by atoms with Gasteiger partial charge in [-0.15, -0.1) is 16.9 Å². The number of thioether (sulfide) groups is 1. The van der Waals surface area contributed by atoms with Crippen LogP contribution < -0.4 is 4.74 Å². The van der Waals surface area contributed by atoms with Crippen molar-refractivity contribution < 1.29 is 4.74 Å². The van der Waals surface area contributed by atoms with Gasteiger partial charge in [-0.05, 0) is 29.3 Å². The van der Waals surface area contributed by atoms with Crippen LogP contribution in [0.5, 0.6) is 5.75 Å². The lowest BCUT2D eigenvalue weighted by molar-refractivity contribution is 0.413. The third-order valence-corrected chi connectivity index (χ3v) is 3.92. The second kappa shape index (κ2) is 5.56. The minimum Gasteiger partial charge on any atom is -0.497 e. The predicted octanol–water partition coefficient (Wildman–Crippen LogP) is 1.84. The zero-order chi connectivity index (χ0) is 13.1. The van der Waals surface area contributed by atoms with Crippen LogP contribution in [0.3, 0.4) is 0 Å². The normalized spacial score (nSPS) is 14.6. The Morgan fingerprint density at radius 2 is 2.32 bits per heavy atom. The molecule has 1 fully saturated rings. The number of pyridine rings is 1. The number of tetrazole rings is 1. The Morgan fingerprint density at radius 1 is 1.42 bits per heavy atom. The van der Waals surface area contributed by atoms with Crippen LogP contribution in [0.15, 0.2) is 18.3 Å². The van der Waals surface area contributed by atoms with Crippen molar-refractivity contribution in [3.63, 3.8) is 0 Å². The molecule has 0 unspecified atom stereocenters. The van der Waals surface area contributed by atoms with E-state index in [1.54, 1.807) is 25.1 Å². The highest BCUT2D eigenvalue weighted by Gasteiger charge is 2.27. The fourth-order valence-corrected chi connectivity index (χ4v) is 2.66. The van der Waals surface area contributed by atoms with Gasteiger partial charge in [0.05, 0.1) is 24.6 Å². The van der Waals surface area contributed by atoms with E-state index in [9.17, 15) is 0 Å². The molecule has 1 aliphatic carbocycles. The number of nitrogens with zero attached hydrogens (tertiary/aromatic N) is 5. The summed E-state index contributed by atoms with van der Waals surface area (Å²) in [6.07, 6.45) is 4.16. The van der Waals surface area contributed by atoms with Gasteiger partial charge in [0.1, 0.15) is 5.75 Å². The molecule has 3 rings (SSSR count). The standard InChI is InChI=1S/C12H15N5OS/c1-18-11-4-5-13-9(6-11)7-19-8-12-14-15-16-17(12)10-2-3-10/h4-6,10H,2-3,7-8H2,1H3. The predicted molar refractivity (Wildman–Crippen MR) is 71.9 cm³/mol. The van der Waals surface area contributed by atoms with Gasteiger partial charge in [0.15, 0.2) is 5.82 Å². The summed E-state index contributed by atoms with van der Waals surface area (Å²) in [5.41, 5.74) is 1.01. The summed E-state index contributed by atoms with van der Waals surface area (Å²) < 4.78 is 7.13. The van der Waals surface area contributed by atoms with Crippen molar-refractivity contribution in [3.05, 3.63) is 29.8 Å². The summed E-state index contributed by atoms with van der Waals surface area (Å²) in [4.78, 5) is 4.32. The van der Waals surface area contributed by atoms with E-state index in [-0.39, 0.29) is 0 Å². The highest BCUT2D eigenvalue weighted by atomic mass is 32.2. The lowest BCUT2D eigenvalue weighted by Gasteiger charge is -2.04. The summed E-state index contributed by atoms with van der Waals surface area (Å²) in [5.74, 6) is 3.43. The Hall–Kier alpha value is -1.63. The Balaban J connectivity index is 1.56. The maximum atomic E-state index is 5.18. The zero-order valence-corrected chi connectivity index (χ0v) is 11.5. The molecule has 0 N–H and O–H groups in total. The Morgan fingerprint density at radius 3 is 3.11 bits per heavy atom. The van der Waals surface area contributed by atoms with Gasteiger partial charge in [-0.1, -0.05) is 0 Å². The molecule has 100 valence electrons. The van der Waals surface area contributed by atoms with E-state index in [2.05, 4.69) is 20.5 Å². The molecular formula is C12H15N5OS. The number of aromatic nitrogens is 5. The van der Waals surface area contributed by atoms with Gasteiger partial charge >= 0.3 is 0 Å². The molecule has 0 amide bonds. The van der Waals surface area contributed by atoms with Gasteiger partial charge in [0.25, 0.3) is 0 Å². The van der Waals surface area contributed by atoms with E-state index in [4.69, 9.17) is 4.74 Å². The van der Waals surface area contributed by atoms with Crippen LogP contribution in [-0.4, -0.2) is 32.3 Å². The molecule has 0 aliphatic heterocycles. The number of rotatable bonds is 6. The largest absolute Gasteiger partial charge is 0.497 e. The van der Waals surface area contributed by atoms with Crippen molar-refractivity contribution in [1.82, 2.24) is 25.2 Å². The Kier molecular flexibility index (Phi) is 3.63. The molecule has 7 heteroatoms. The topological polar surface area (TPSA) is 65.7 Å². The van der Waals surface area contributed by atoms with Crippen LogP contribution in [0, 0.1) is 0 Å². The second-order valence-corrected chi connectivity index (χ2v) is 5.44. The summed E-state index contributed by atoms with van der Waals surface area (Å²) >= 11 is 1.76. The lowest BCUT2D eigenvalue weighted by atomic mass is 10.3. The van der Waals surface area contributed by atoms with Crippen LogP contribution in [0.2, 0.25) is 0 Å². The molecule has 1 saturated carbocycles. The average Bonchev–Trinajstić information content (AvgIpc) is 3.19. The molecule has 0 bridgehead atoms. The first kappa shape index (κ1) is 12.4. The van der Waals surface area contributed by atoms with E-state index in [0.29, 0.717) is 6.04 Å². The first-order valence-electron chi connectivity index (χ1n) is 6.20. The second-order valence-electron chi connectivity index (χ2n) is 4.45. The lowest BCUT2D eigenvalue weighted by Crippen LogP contribution is -2.02. The number of hydrogen-bond acceptors (Lipinski definition) is 6. The minimum absolute atomic E-state index is 0.528. The summed E-state index contributed by atoms with van der Waals surface area (Å²) in [6.45, 7) is 0. The molecule has 19 heavy (non-hydrogen) atoms. The van der Waals surface area contributed by atoms with Crippen molar-refractivity contribution >= 4 is 11.8 Å². The fraction of sp³-hybridized carbons (Fsp3) is 0.500. The van der Waals surface area contributed by atoms with Gasteiger partial charge < -0.3 is 4.74 Å². The van der Waals surface area contributed by atoms with E-state index >= 15 is 0 Å². The summed E-state index contributed by atoms with van der Waals surface area (Å²) in [7, 11) is 1.66. The molecule has 0 aromatic carbocycles. The molecule has 0 radical (unpaired) electrons. The van der Waals surface area contributed by atoms with Gasteiger partial charge in [0, 0.05) is 18.0 Å². The minimum atomic E-state index is 0.528. The Bertz CT molecular complexity index is 555. The van der Waals surface area contributed by atoms with Crippen LogP contribution >= 0.6 is 11.8 Å². The quantitative estimate of drug-likeness (QED) is 0.802. The zero-order valence-electron chi connectivity index (χ0n) is 10.7. The summed E-state index contributed by atoms with van der Waals surface area (Å²) in [5, 5.41) is 11.9. The van der Waals surface area contributed by atoms with E-state index < -0.39 is 0 Å². The van der Waals surface area contributed by atoms with Crippen molar-refractivity contribution in [3.8, 4) is 5.75 Å². The van der Waals surface area contributed by atoms with E-state index in [1.807, 2.05) is 16.8 Å². The molecular weight excluding hydrogens is 262 g/mol. The third-order valence-electron chi connectivity index (χ3n) is 2.96. The smallest absolute Gasteiger partial charge is 0.161 e. The van der Waals surface area contributed by atoms with Gasteiger partial charge in [0.2, 0.25) is 0 Å².